The minimum absolute atomic E-state index is 0.212. The van der Waals surface area contributed by atoms with E-state index < -0.39 is 10.0 Å². The quantitative estimate of drug-likeness (QED) is 0.626. The standard InChI is InChI=1S/C23H29N3O4S/c1-16-15-26(22-13-18(29-3)5-7-20(16)22)31(27,28)19-6-8-23(30-4)21(14-19)24-17-9-11-25(2)12-10-17/h5-8,13-15,17,24H,9-12H2,1-4H3. The summed E-state index contributed by atoms with van der Waals surface area (Å²) in [6.45, 7) is 3.92. The number of anilines is 1. The van der Waals surface area contributed by atoms with Crippen LogP contribution in [0.3, 0.4) is 0 Å². The highest BCUT2D eigenvalue weighted by Gasteiger charge is 2.24. The lowest BCUT2D eigenvalue weighted by Crippen LogP contribution is -2.36. The number of hydrogen-bond acceptors (Lipinski definition) is 6. The Morgan fingerprint density at radius 1 is 1.03 bits per heavy atom. The van der Waals surface area contributed by atoms with Gasteiger partial charge in [-0.05, 0) is 75.8 Å². The third kappa shape index (κ3) is 4.09. The lowest BCUT2D eigenvalue weighted by atomic mass is 10.1. The summed E-state index contributed by atoms with van der Waals surface area (Å²) in [5.41, 5.74) is 2.18. The SMILES string of the molecule is COc1ccc2c(C)cn(S(=O)(=O)c3ccc(OC)c(NC4CCN(C)CC4)c3)c2c1. The zero-order valence-corrected chi connectivity index (χ0v) is 19.2. The summed E-state index contributed by atoms with van der Waals surface area (Å²) < 4.78 is 39.3. The van der Waals surface area contributed by atoms with Crippen LogP contribution in [-0.4, -0.2) is 57.7 Å². The van der Waals surface area contributed by atoms with Crippen molar-refractivity contribution in [3.8, 4) is 11.5 Å². The van der Waals surface area contributed by atoms with Crippen molar-refractivity contribution >= 4 is 26.6 Å². The number of benzene rings is 2. The molecule has 1 saturated heterocycles. The Morgan fingerprint density at radius 2 is 1.77 bits per heavy atom. The third-order valence-electron chi connectivity index (χ3n) is 5.98. The summed E-state index contributed by atoms with van der Waals surface area (Å²) in [7, 11) is 1.47. The number of aryl methyl sites for hydroxylation is 1. The van der Waals surface area contributed by atoms with Gasteiger partial charge < -0.3 is 19.7 Å². The highest BCUT2D eigenvalue weighted by atomic mass is 32.2. The molecular formula is C23H29N3O4S. The topological polar surface area (TPSA) is 72.8 Å². The normalized spacial score (nSPS) is 15.9. The molecular weight excluding hydrogens is 414 g/mol. The van der Waals surface area contributed by atoms with Gasteiger partial charge >= 0.3 is 0 Å². The first-order valence-corrected chi connectivity index (χ1v) is 11.8. The molecule has 0 aliphatic carbocycles. The first kappa shape index (κ1) is 21.5. The van der Waals surface area contributed by atoms with Crippen LogP contribution in [0.4, 0.5) is 5.69 Å². The Labute approximate surface area is 183 Å². The van der Waals surface area contributed by atoms with Crippen molar-refractivity contribution in [2.45, 2.75) is 30.7 Å². The number of ether oxygens (including phenoxy) is 2. The zero-order chi connectivity index (χ0) is 22.2. The van der Waals surface area contributed by atoms with Gasteiger partial charge in [0.2, 0.25) is 0 Å². The third-order valence-corrected chi connectivity index (χ3v) is 7.65. The van der Waals surface area contributed by atoms with Gasteiger partial charge in [0.1, 0.15) is 11.5 Å². The smallest absolute Gasteiger partial charge is 0.268 e. The van der Waals surface area contributed by atoms with Crippen LogP contribution in [0.1, 0.15) is 18.4 Å². The van der Waals surface area contributed by atoms with Gasteiger partial charge in [0.05, 0.1) is 30.3 Å². The van der Waals surface area contributed by atoms with Crippen LogP contribution in [0.5, 0.6) is 11.5 Å². The second-order valence-corrected chi connectivity index (χ2v) is 9.89. The molecule has 1 aromatic heterocycles. The summed E-state index contributed by atoms with van der Waals surface area (Å²) in [6.07, 6.45) is 3.66. The molecule has 0 amide bonds. The molecule has 0 saturated carbocycles. The first-order chi connectivity index (χ1) is 14.8. The summed E-state index contributed by atoms with van der Waals surface area (Å²) in [4.78, 5) is 2.51. The Hall–Kier alpha value is -2.71. The minimum atomic E-state index is -3.81. The van der Waals surface area contributed by atoms with Gasteiger partial charge in [0.15, 0.2) is 0 Å². The summed E-state index contributed by atoms with van der Waals surface area (Å²) >= 11 is 0. The molecule has 1 aliphatic rings. The van der Waals surface area contributed by atoms with E-state index in [-0.39, 0.29) is 10.9 Å². The van der Waals surface area contributed by atoms with Crippen LogP contribution in [-0.2, 0) is 10.0 Å². The van der Waals surface area contributed by atoms with E-state index in [9.17, 15) is 8.42 Å². The maximum Gasteiger partial charge on any atom is 0.268 e. The molecule has 3 aromatic rings. The van der Waals surface area contributed by atoms with Gasteiger partial charge in [-0.25, -0.2) is 12.4 Å². The van der Waals surface area contributed by atoms with Gasteiger partial charge in [-0.3, -0.25) is 0 Å². The van der Waals surface area contributed by atoms with Crippen molar-refractivity contribution < 1.29 is 17.9 Å². The van der Waals surface area contributed by atoms with Crippen LogP contribution in [0.25, 0.3) is 10.9 Å². The molecule has 0 radical (unpaired) electrons. The lowest BCUT2D eigenvalue weighted by molar-refractivity contribution is 0.263. The van der Waals surface area contributed by atoms with E-state index in [1.165, 1.54) is 3.97 Å². The van der Waals surface area contributed by atoms with Gasteiger partial charge in [-0.1, -0.05) is 0 Å². The highest BCUT2D eigenvalue weighted by molar-refractivity contribution is 7.90. The van der Waals surface area contributed by atoms with Crippen molar-refractivity contribution in [2.24, 2.45) is 0 Å². The maximum absolute atomic E-state index is 13.6. The van der Waals surface area contributed by atoms with Crippen molar-refractivity contribution in [2.75, 3.05) is 39.7 Å². The van der Waals surface area contributed by atoms with Crippen LogP contribution in [0, 0.1) is 6.92 Å². The van der Waals surface area contributed by atoms with E-state index >= 15 is 0 Å². The fourth-order valence-corrected chi connectivity index (χ4v) is 5.56. The Bertz CT molecular complexity index is 1190. The average Bonchev–Trinajstić information content (AvgIpc) is 3.11. The molecule has 1 fully saturated rings. The molecule has 0 spiro atoms. The van der Waals surface area contributed by atoms with Gasteiger partial charge in [-0.15, -0.1) is 0 Å². The van der Waals surface area contributed by atoms with Crippen molar-refractivity contribution in [1.29, 1.82) is 0 Å². The fraction of sp³-hybridized carbons (Fsp3) is 0.391. The number of piperidine rings is 1. The molecule has 7 nitrogen and oxygen atoms in total. The monoisotopic (exact) mass is 443 g/mol. The van der Waals surface area contributed by atoms with E-state index in [0.717, 1.165) is 36.9 Å². The summed E-state index contributed by atoms with van der Waals surface area (Å²) in [5.74, 6) is 1.24. The number of nitrogens with zero attached hydrogens (tertiary/aromatic N) is 2. The summed E-state index contributed by atoms with van der Waals surface area (Å²) in [5, 5.41) is 4.38. The number of aromatic nitrogens is 1. The van der Waals surface area contributed by atoms with Gasteiger partial charge in [0.25, 0.3) is 10.0 Å². The molecule has 1 N–H and O–H groups in total. The van der Waals surface area contributed by atoms with Crippen molar-refractivity contribution in [1.82, 2.24) is 8.87 Å². The minimum Gasteiger partial charge on any atom is -0.497 e. The fourth-order valence-electron chi connectivity index (χ4n) is 4.11. The number of likely N-dealkylation sites (tertiary alicyclic amines) is 1. The lowest BCUT2D eigenvalue weighted by Gasteiger charge is -2.30. The Balaban J connectivity index is 1.74. The predicted molar refractivity (Wildman–Crippen MR) is 123 cm³/mol. The number of fused-ring (bicyclic) bond motifs is 1. The van der Waals surface area contributed by atoms with E-state index in [2.05, 4.69) is 17.3 Å². The van der Waals surface area contributed by atoms with Crippen molar-refractivity contribution in [3.63, 3.8) is 0 Å². The molecule has 1 aliphatic heterocycles. The van der Waals surface area contributed by atoms with Crippen LogP contribution in [0.2, 0.25) is 0 Å². The largest absolute Gasteiger partial charge is 0.497 e. The molecule has 0 bridgehead atoms. The van der Waals surface area contributed by atoms with Gasteiger partial charge in [-0.2, -0.15) is 0 Å². The Kier molecular flexibility index (Phi) is 5.85. The van der Waals surface area contributed by atoms with E-state index in [0.29, 0.717) is 22.7 Å². The predicted octanol–water partition coefficient (Wildman–Crippen LogP) is 3.71. The van der Waals surface area contributed by atoms with Crippen LogP contribution >= 0.6 is 0 Å². The second kappa shape index (κ2) is 8.43. The number of nitrogens with one attached hydrogen (secondary N) is 1. The number of methoxy groups -OCH3 is 2. The first-order valence-electron chi connectivity index (χ1n) is 10.4. The molecule has 166 valence electrons. The highest BCUT2D eigenvalue weighted by Crippen LogP contribution is 2.33. The number of rotatable bonds is 6. The molecule has 31 heavy (non-hydrogen) atoms. The molecule has 2 aromatic carbocycles. The van der Waals surface area contributed by atoms with Crippen LogP contribution < -0.4 is 14.8 Å². The van der Waals surface area contributed by atoms with E-state index in [4.69, 9.17) is 9.47 Å². The van der Waals surface area contributed by atoms with E-state index in [1.807, 2.05) is 19.1 Å². The summed E-state index contributed by atoms with van der Waals surface area (Å²) in [6, 6.07) is 10.7. The molecule has 0 atom stereocenters. The second-order valence-electron chi connectivity index (χ2n) is 8.08. The molecule has 2 heterocycles. The molecule has 0 unspecified atom stereocenters. The zero-order valence-electron chi connectivity index (χ0n) is 18.4. The maximum atomic E-state index is 13.6. The number of hydrogen-bond donors (Lipinski definition) is 1. The van der Waals surface area contributed by atoms with Crippen LogP contribution in [0.15, 0.2) is 47.5 Å². The average molecular weight is 444 g/mol. The molecule has 4 rings (SSSR count). The van der Waals surface area contributed by atoms with Gasteiger partial charge in [0, 0.05) is 23.7 Å². The molecule has 8 heteroatoms. The van der Waals surface area contributed by atoms with E-state index in [1.54, 1.807) is 44.7 Å². The van der Waals surface area contributed by atoms with Crippen molar-refractivity contribution in [3.05, 3.63) is 48.2 Å². The Morgan fingerprint density at radius 3 is 2.45 bits per heavy atom.